The van der Waals surface area contributed by atoms with E-state index < -0.39 is 3.67 Å². The van der Waals surface area contributed by atoms with Gasteiger partial charge in [0.25, 0.3) is 0 Å². The summed E-state index contributed by atoms with van der Waals surface area (Å²) in [6.07, 6.45) is 0. The van der Waals surface area contributed by atoms with Crippen molar-refractivity contribution in [2.45, 2.75) is 3.67 Å². The van der Waals surface area contributed by atoms with Crippen molar-refractivity contribution in [1.82, 2.24) is 0 Å². The number of rotatable bonds is 4. The molecule has 72 valence electrons. The van der Waals surface area contributed by atoms with Crippen LogP contribution in [0.4, 0.5) is 0 Å². The van der Waals surface area contributed by atoms with Crippen LogP contribution in [0.25, 0.3) is 0 Å². The summed E-state index contributed by atoms with van der Waals surface area (Å²) in [5.41, 5.74) is 6.28. The molecule has 0 saturated heterocycles. The summed E-state index contributed by atoms with van der Waals surface area (Å²) in [6, 6.07) is 9.57. The van der Waals surface area contributed by atoms with Gasteiger partial charge in [0, 0.05) is 12.3 Å². The van der Waals surface area contributed by atoms with E-state index in [9.17, 15) is 0 Å². The Kier molecular flexibility index (Phi) is 4.39. The van der Waals surface area contributed by atoms with Gasteiger partial charge < -0.3 is 5.73 Å². The Morgan fingerprint density at radius 1 is 1.23 bits per heavy atom. The third-order valence-electron chi connectivity index (χ3n) is 1.51. The van der Waals surface area contributed by atoms with Gasteiger partial charge in [0.15, 0.2) is 3.67 Å². The molecule has 0 aromatic heterocycles. The van der Waals surface area contributed by atoms with Crippen molar-refractivity contribution in [2.75, 3.05) is 12.3 Å². The van der Waals surface area contributed by atoms with Gasteiger partial charge >= 0.3 is 0 Å². The SMILES string of the molecule is NCCSC(Cl)(Cl)c1ccccc1. The zero-order valence-corrected chi connectivity index (χ0v) is 9.37. The lowest BCUT2D eigenvalue weighted by atomic mass is 10.2. The normalized spacial score (nSPS) is 11.6. The van der Waals surface area contributed by atoms with Gasteiger partial charge in [-0.05, 0) is 5.56 Å². The minimum atomic E-state index is -0.874. The van der Waals surface area contributed by atoms with Gasteiger partial charge in [0.2, 0.25) is 0 Å². The predicted octanol–water partition coefficient (Wildman–Crippen LogP) is 2.97. The molecular weight excluding hydrogens is 225 g/mol. The molecule has 0 radical (unpaired) electrons. The third-order valence-corrected chi connectivity index (χ3v) is 3.64. The molecule has 0 spiro atoms. The van der Waals surface area contributed by atoms with E-state index in [1.807, 2.05) is 30.3 Å². The van der Waals surface area contributed by atoms with Crippen LogP contribution in [0.1, 0.15) is 5.56 Å². The predicted molar refractivity (Wildman–Crippen MR) is 61.3 cm³/mol. The highest BCUT2D eigenvalue weighted by molar-refractivity contribution is 8.02. The molecule has 0 bridgehead atoms. The van der Waals surface area contributed by atoms with E-state index in [1.165, 1.54) is 11.8 Å². The fourth-order valence-corrected chi connectivity index (χ4v) is 2.29. The monoisotopic (exact) mass is 235 g/mol. The molecule has 0 aliphatic rings. The van der Waals surface area contributed by atoms with Crippen molar-refractivity contribution < 1.29 is 0 Å². The minimum absolute atomic E-state index is 0.582. The fraction of sp³-hybridized carbons (Fsp3) is 0.333. The van der Waals surface area contributed by atoms with Crippen LogP contribution < -0.4 is 5.73 Å². The zero-order chi connectivity index (χ0) is 9.73. The number of nitrogens with two attached hydrogens (primary N) is 1. The summed E-state index contributed by atoms with van der Waals surface area (Å²) in [5.74, 6) is 0.752. The van der Waals surface area contributed by atoms with E-state index in [2.05, 4.69) is 0 Å². The lowest BCUT2D eigenvalue weighted by molar-refractivity contribution is 1.14. The maximum atomic E-state index is 6.11. The topological polar surface area (TPSA) is 26.0 Å². The van der Waals surface area contributed by atoms with E-state index in [0.717, 1.165) is 11.3 Å². The number of halogens is 2. The Morgan fingerprint density at radius 3 is 2.38 bits per heavy atom. The average Bonchev–Trinajstić information content (AvgIpc) is 2.16. The molecule has 1 aromatic rings. The summed E-state index contributed by atoms with van der Waals surface area (Å²) in [5, 5.41) is 0. The molecule has 0 aliphatic heterocycles. The van der Waals surface area contributed by atoms with Crippen molar-refractivity contribution in [3.05, 3.63) is 35.9 Å². The van der Waals surface area contributed by atoms with E-state index in [1.54, 1.807) is 0 Å². The molecule has 4 heteroatoms. The molecule has 0 fully saturated rings. The number of hydrogen-bond donors (Lipinski definition) is 1. The first-order valence-electron chi connectivity index (χ1n) is 3.94. The molecule has 0 atom stereocenters. The maximum absolute atomic E-state index is 6.11. The molecule has 1 nitrogen and oxygen atoms in total. The summed E-state index contributed by atoms with van der Waals surface area (Å²) < 4.78 is -0.874. The Balaban J connectivity index is 2.69. The lowest BCUT2D eigenvalue weighted by Crippen LogP contribution is -2.10. The number of thioether (sulfide) groups is 1. The second-order valence-electron chi connectivity index (χ2n) is 2.52. The van der Waals surface area contributed by atoms with E-state index in [-0.39, 0.29) is 0 Å². The molecule has 1 aromatic carbocycles. The van der Waals surface area contributed by atoms with Gasteiger partial charge in [-0.2, -0.15) is 0 Å². The van der Waals surface area contributed by atoms with Gasteiger partial charge in [0.1, 0.15) is 0 Å². The first-order valence-corrected chi connectivity index (χ1v) is 5.68. The van der Waals surface area contributed by atoms with Crippen LogP contribution in [-0.2, 0) is 3.67 Å². The van der Waals surface area contributed by atoms with Crippen LogP contribution in [0, 0.1) is 0 Å². The highest BCUT2D eigenvalue weighted by Gasteiger charge is 2.25. The highest BCUT2D eigenvalue weighted by Crippen LogP contribution is 2.44. The Hall–Kier alpha value is 0.110. The van der Waals surface area contributed by atoms with Gasteiger partial charge in [0.05, 0.1) is 0 Å². The summed E-state index contributed by atoms with van der Waals surface area (Å²) in [4.78, 5) is 0. The molecule has 0 heterocycles. The van der Waals surface area contributed by atoms with Crippen LogP contribution in [0.5, 0.6) is 0 Å². The first kappa shape index (κ1) is 11.2. The molecule has 0 amide bonds. The van der Waals surface area contributed by atoms with Crippen LogP contribution in [0.3, 0.4) is 0 Å². The molecule has 0 unspecified atom stereocenters. The number of hydrogen-bond acceptors (Lipinski definition) is 2. The van der Waals surface area contributed by atoms with E-state index >= 15 is 0 Å². The van der Waals surface area contributed by atoms with Crippen LogP contribution in [0.2, 0.25) is 0 Å². The van der Waals surface area contributed by atoms with E-state index in [0.29, 0.717) is 6.54 Å². The van der Waals surface area contributed by atoms with Crippen molar-refractivity contribution in [1.29, 1.82) is 0 Å². The van der Waals surface area contributed by atoms with Crippen molar-refractivity contribution in [2.24, 2.45) is 5.73 Å². The van der Waals surface area contributed by atoms with Crippen molar-refractivity contribution in [3.8, 4) is 0 Å². The van der Waals surface area contributed by atoms with Gasteiger partial charge in [-0.1, -0.05) is 53.5 Å². The maximum Gasteiger partial charge on any atom is 0.188 e. The average molecular weight is 236 g/mol. The van der Waals surface area contributed by atoms with Gasteiger partial charge in [-0.15, -0.1) is 11.8 Å². The Labute approximate surface area is 92.6 Å². The van der Waals surface area contributed by atoms with Crippen LogP contribution in [0.15, 0.2) is 30.3 Å². The Morgan fingerprint density at radius 2 is 1.85 bits per heavy atom. The standard InChI is InChI=1S/C9H11Cl2NS/c10-9(11,13-7-6-12)8-4-2-1-3-5-8/h1-5H,6-7,12H2. The summed E-state index contributed by atoms with van der Waals surface area (Å²) in [7, 11) is 0. The third kappa shape index (κ3) is 3.39. The highest BCUT2D eigenvalue weighted by atomic mass is 35.5. The first-order chi connectivity index (χ1) is 6.17. The quantitative estimate of drug-likeness (QED) is 0.813. The van der Waals surface area contributed by atoms with Crippen molar-refractivity contribution in [3.63, 3.8) is 0 Å². The summed E-state index contributed by atoms with van der Waals surface area (Å²) >= 11 is 13.7. The molecule has 0 saturated carbocycles. The van der Waals surface area contributed by atoms with E-state index in [4.69, 9.17) is 28.9 Å². The Bertz CT molecular complexity index is 251. The lowest BCUT2D eigenvalue weighted by Gasteiger charge is -2.18. The van der Waals surface area contributed by atoms with Crippen LogP contribution in [-0.4, -0.2) is 12.3 Å². The van der Waals surface area contributed by atoms with Crippen molar-refractivity contribution >= 4 is 35.0 Å². The largest absolute Gasteiger partial charge is 0.330 e. The zero-order valence-electron chi connectivity index (χ0n) is 7.04. The number of benzene rings is 1. The second-order valence-corrected chi connectivity index (χ2v) is 5.60. The molecule has 0 aliphatic carbocycles. The fourth-order valence-electron chi connectivity index (χ4n) is 0.903. The molecule has 1 rings (SSSR count). The van der Waals surface area contributed by atoms with Gasteiger partial charge in [-0.3, -0.25) is 0 Å². The smallest absolute Gasteiger partial charge is 0.188 e. The second kappa shape index (κ2) is 5.11. The van der Waals surface area contributed by atoms with Gasteiger partial charge in [-0.25, -0.2) is 0 Å². The number of alkyl halides is 2. The molecular formula is C9H11Cl2NS. The molecule has 2 N–H and O–H groups in total. The molecule has 13 heavy (non-hydrogen) atoms. The minimum Gasteiger partial charge on any atom is -0.330 e. The van der Waals surface area contributed by atoms with Crippen LogP contribution >= 0.6 is 35.0 Å². The summed E-state index contributed by atoms with van der Waals surface area (Å²) in [6.45, 7) is 0.582.